The number of rotatable bonds is 4. The maximum atomic E-state index is 12.4. The molecule has 1 aliphatic heterocycles. The van der Waals surface area contributed by atoms with Gasteiger partial charge in [-0.05, 0) is 44.9 Å². The van der Waals surface area contributed by atoms with E-state index in [2.05, 4.69) is 9.88 Å². The van der Waals surface area contributed by atoms with Crippen molar-refractivity contribution in [2.75, 3.05) is 13.2 Å². The Balaban J connectivity index is 1.78. The molecule has 0 aliphatic carbocycles. The van der Waals surface area contributed by atoms with Gasteiger partial charge in [0.25, 0.3) is 5.91 Å². The number of carbonyl (C=O) groups is 1. The minimum absolute atomic E-state index is 0.0224. The van der Waals surface area contributed by atoms with Crippen LogP contribution in [0.3, 0.4) is 0 Å². The van der Waals surface area contributed by atoms with Crippen LogP contribution in [0.15, 0.2) is 36.4 Å². The lowest BCUT2D eigenvalue weighted by molar-refractivity contribution is 0.0857. The number of carbonyl (C=O) groups excluding carboxylic acids is 1. The number of ether oxygens (including phenoxy) is 1. The van der Waals surface area contributed by atoms with Gasteiger partial charge < -0.3 is 14.6 Å². The Bertz CT molecular complexity index is 655. The Morgan fingerprint density at radius 2 is 2.09 bits per heavy atom. The zero-order valence-electron chi connectivity index (χ0n) is 13.1. The third kappa shape index (κ3) is 2.92. The van der Waals surface area contributed by atoms with Gasteiger partial charge in [0.1, 0.15) is 0 Å². The first-order valence-corrected chi connectivity index (χ1v) is 7.81. The van der Waals surface area contributed by atoms with Crippen molar-refractivity contribution in [2.45, 2.75) is 32.8 Å². The highest BCUT2D eigenvalue weighted by Crippen LogP contribution is 2.20. The van der Waals surface area contributed by atoms with E-state index in [0.717, 1.165) is 42.1 Å². The average molecular weight is 298 g/mol. The molecular formula is C18H22N2O2. The molecule has 0 radical (unpaired) electrons. The fraction of sp³-hybridized carbons (Fsp3) is 0.389. The quantitative estimate of drug-likeness (QED) is 0.943. The predicted octanol–water partition coefficient (Wildman–Crippen LogP) is 3.00. The molecule has 1 atom stereocenters. The van der Waals surface area contributed by atoms with E-state index in [4.69, 9.17) is 4.74 Å². The summed E-state index contributed by atoms with van der Waals surface area (Å²) in [5.74, 6) is -0.0224. The highest BCUT2D eigenvalue weighted by atomic mass is 16.5. The zero-order chi connectivity index (χ0) is 15.5. The van der Waals surface area contributed by atoms with Crippen molar-refractivity contribution in [3.63, 3.8) is 0 Å². The second kappa shape index (κ2) is 6.36. The van der Waals surface area contributed by atoms with Gasteiger partial charge in [-0.2, -0.15) is 0 Å². The van der Waals surface area contributed by atoms with Crippen LogP contribution in [0.25, 0.3) is 5.69 Å². The van der Waals surface area contributed by atoms with E-state index in [1.807, 2.05) is 50.2 Å². The number of nitrogens with one attached hydrogen (secondary N) is 1. The molecule has 1 aromatic carbocycles. The SMILES string of the molecule is Cc1cc(C(=O)NC[C@@H]2CCCO2)c(C)n1-c1ccccc1. The van der Waals surface area contributed by atoms with Crippen LogP contribution in [0.5, 0.6) is 0 Å². The lowest BCUT2D eigenvalue weighted by Gasteiger charge is -2.12. The molecule has 1 N–H and O–H groups in total. The van der Waals surface area contributed by atoms with Gasteiger partial charge in [-0.25, -0.2) is 0 Å². The number of aromatic nitrogens is 1. The van der Waals surface area contributed by atoms with Crippen molar-refractivity contribution >= 4 is 5.91 Å². The first-order valence-electron chi connectivity index (χ1n) is 7.81. The number of aryl methyl sites for hydroxylation is 1. The molecule has 116 valence electrons. The van der Waals surface area contributed by atoms with E-state index in [1.165, 1.54) is 0 Å². The first kappa shape index (κ1) is 14.9. The topological polar surface area (TPSA) is 43.3 Å². The highest BCUT2D eigenvalue weighted by Gasteiger charge is 2.19. The Hall–Kier alpha value is -2.07. The number of amides is 1. The van der Waals surface area contributed by atoms with Crippen molar-refractivity contribution in [1.29, 1.82) is 0 Å². The maximum Gasteiger partial charge on any atom is 0.253 e. The number of benzene rings is 1. The molecule has 4 heteroatoms. The second-order valence-corrected chi connectivity index (χ2v) is 5.80. The van der Waals surface area contributed by atoms with E-state index >= 15 is 0 Å². The van der Waals surface area contributed by atoms with E-state index in [9.17, 15) is 4.79 Å². The lowest BCUT2D eigenvalue weighted by atomic mass is 10.2. The molecule has 1 fully saturated rings. The monoisotopic (exact) mass is 298 g/mol. The normalized spacial score (nSPS) is 17.6. The van der Waals surface area contributed by atoms with Gasteiger partial charge in [0.05, 0.1) is 11.7 Å². The summed E-state index contributed by atoms with van der Waals surface area (Å²) in [5, 5.41) is 3.00. The van der Waals surface area contributed by atoms with Gasteiger partial charge >= 0.3 is 0 Å². The molecule has 22 heavy (non-hydrogen) atoms. The first-order chi connectivity index (χ1) is 10.7. The van der Waals surface area contributed by atoms with Crippen LogP contribution in [-0.4, -0.2) is 29.7 Å². The molecule has 0 saturated carbocycles. The van der Waals surface area contributed by atoms with Crippen LogP contribution in [0.2, 0.25) is 0 Å². The predicted molar refractivity (Wildman–Crippen MR) is 86.6 cm³/mol. The Labute approximate surface area is 131 Å². The van der Waals surface area contributed by atoms with Gasteiger partial charge in [-0.1, -0.05) is 18.2 Å². The third-order valence-electron chi connectivity index (χ3n) is 4.20. The van der Waals surface area contributed by atoms with E-state index < -0.39 is 0 Å². The lowest BCUT2D eigenvalue weighted by Crippen LogP contribution is -2.32. The molecule has 2 aromatic rings. The summed E-state index contributed by atoms with van der Waals surface area (Å²) >= 11 is 0. The molecule has 0 spiro atoms. The minimum atomic E-state index is -0.0224. The van der Waals surface area contributed by atoms with Crippen molar-refractivity contribution in [1.82, 2.24) is 9.88 Å². The molecule has 1 aromatic heterocycles. The summed E-state index contributed by atoms with van der Waals surface area (Å²) in [6.07, 6.45) is 2.29. The molecular weight excluding hydrogens is 276 g/mol. The fourth-order valence-corrected chi connectivity index (χ4v) is 3.07. The van der Waals surface area contributed by atoms with E-state index in [0.29, 0.717) is 6.54 Å². The van der Waals surface area contributed by atoms with Gasteiger partial charge in [0.15, 0.2) is 0 Å². The van der Waals surface area contributed by atoms with E-state index in [1.54, 1.807) is 0 Å². The van der Waals surface area contributed by atoms with Crippen molar-refractivity contribution in [3.05, 3.63) is 53.3 Å². The summed E-state index contributed by atoms with van der Waals surface area (Å²) < 4.78 is 7.66. The zero-order valence-corrected chi connectivity index (χ0v) is 13.1. The van der Waals surface area contributed by atoms with Crippen molar-refractivity contribution in [3.8, 4) is 5.69 Å². The Kier molecular flexibility index (Phi) is 4.29. The van der Waals surface area contributed by atoms with Gasteiger partial charge in [-0.15, -0.1) is 0 Å². The summed E-state index contributed by atoms with van der Waals surface area (Å²) in [4.78, 5) is 12.4. The number of nitrogens with zero attached hydrogens (tertiary/aromatic N) is 1. The summed E-state index contributed by atoms with van der Waals surface area (Å²) in [5.41, 5.74) is 3.84. The van der Waals surface area contributed by atoms with Gasteiger partial charge in [-0.3, -0.25) is 4.79 Å². The Morgan fingerprint density at radius 3 is 2.77 bits per heavy atom. The summed E-state index contributed by atoms with van der Waals surface area (Å²) in [7, 11) is 0. The van der Waals surface area contributed by atoms with Crippen LogP contribution < -0.4 is 5.32 Å². The molecule has 1 amide bonds. The summed E-state index contributed by atoms with van der Waals surface area (Å²) in [6.45, 7) is 5.41. The average Bonchev–Trinajstić information content (AvgIpc) is 3.14. The minimum Gasteiger partial charge on any atom is -0.376 e. The largest absolute Gasteiger partial charge is 0.376 e. The molecule has 1 saturated heterocycles. The third-order valence-corrected chi connectivity index (χ3v) is 4.20. The molecule has 0 unspecified atom stereocenters. The number of hydrogen-bond donors (Lipinski definition) is 1. The van der Waals surface area contributed by atoms with Crippen LogP contribution in [-0.2, 0) is 4.74 Å². The van der Waals surface area contributed by atoms with Crippen LogP contribution >= 0.6 is 0 Å². The fourth-order valence-electron chi connectivity index (χ4n) is 3.07. The van der Waals surface area contributed by atoms with Crippen molar-refractivity contribution in [2.24, 2.45) is 0 Å². The van der Waals surface area contributed by atoms with Crippen LogP contribution in [0.4, 0.5) is 0 Å². The van der Waals surface area contributed by atoms with Gasteiger partial charge in [0, 0.05) is 30.2 Å². The Morgan fingerprint density at radius 1 is 1.32 bits per heavy atom. The highest BCUT2D eigenvalue weighted by molar-refractivity contribution is 5.95. The second-order valence-electron chi connectivity index (χ2n) is 5.80. The molecule has 2 heterocycles. The molecule has 0 bridgehead atoms. The van der Waals surface area contributed by atoms with Gasteiger partial charge in [0.2, 0.25) is 0 Å². The number of hydrogen-bond acceptors (Lipinski definition) is 2. The van der Waals surface area contributed by atoms with E-state index in [-0.39, 0.29) is 12.0 Å². The molecule has 1 aliphatic rings. The summed E-state index contributed by atoms with van der Waals surface area (Å²) in [6, 6.07) is 12.1. The van der Waals surface area contributed by atoms with Crippen LogP contribution in [0.1, 0.15) is 34.6 Å². The maximum absolute atomic E-state index is 12.4. The van der Waals surface area contributed by atoms with Crippen LogP contribution in [0, 0.1) is 13.8 Å². The number of para-hydroxylation sites is 1. The van der Waals surface area contributed by atoms with Crippen molar-refractivity contribution < 1.29 is 9.53 Å². The molecule has 3 rings (SSSR count). The smallest absolute Gasteiger partial charge is 0.253 e. The standard InChI is InChI=1S/C18H22N2O2/c1-13-11-17(18(21)19-12-16-9-6-10-22-16)14(2)20(13)15-7-4-3-5-8-15/h3-5,7-8,11,16H,6,9-10,12H2,1-2H3,(H,19,21)/t16-/m0/s1. The molecule has 4 nitrogen and oxygen atoms in total.